The van der Waals surface area contributed by atoms with Gasteiger partial charge in [-0.15, -0.1) is 0 Å². The van der Waals surface area contributed by atoms with Gasteiger partial charge < -0.3 is 5.32 Å². The first kappa shape index (κ1) is 14.5. The molecule has 0 aliphatic carbocycles. The van der Waals surface area contributed by atoms with Crippen molar-refractivity contribution in [1.29, 1.82) is 0 Å². The number of carbonyl (C=O) groups is 1. The molecule has 0 aromatic heterocycles. The van der Waals surface area contributed by atoms with E-state index in [1.807, 2.05) is 30.3 Å². The summed E-state index contributed by atoms with van der Waals surface area (Å²) < 4.78 is 0. The van der Waals surface area contributed by atoms with Crippen molar-refractivity contribution in [1.82, 2.24) is 0 Å². The number of nitrogens with one attached hydrogen (secondary N) is 1. The van der Waals surface area contributed by atoms with Crippen LogP contribution in [0.3, 0.4) is 0 Å². The third-order valence-electron chi connectivity index (χ3n) is 2.80. The summed E-state index contributed by atoms with van der Waals surface area (Å²) in [6.07, 6.45) is 4.94. The molecule has 0 fully saturated rings. The van der Waals surface area contributed by atoms with Crippen LogP contribution in [-0.2, 0) is 4.79 Å². The SMILES string of the molecule is CC(C)=CCC[C@H](C)CC(=O)Nc1ccccc1. The third-order valence-corrected chi connectivity index (χ3v) is 2.80. The second kappa shape index (κ2) is 7.70. The summed E-state index contributed by atoms with van der Waals surface area (Å²) in [4.78, 5) is 11.8. The van der Waals surface area contributed by atoms with Crippen LogP contribution in [0, 0.1) is 5.92 Å². The van der Waals surface area contributed by atoms with Crippen molar-refractivity contribution < 1.29 is 4.79 Å². The van der Waals surface area contributed by atoms with Gasteiger partial charge in [0.1, 0.15) is 0 Å². The molecule has 1 aromatic carbocycles. The lowest BCUT2D eigenvalue weighted by molar-refractivity contribution is -0.117. The zero-order chi connectivity index (χ0) is 13.4. The van der Waals surface area contributed by atoms with E-state index in [2.05, 4.69) is 32.2 Å². The fourth-order valence-corrected chi connectivity index (χ4v) is 1.81. The first-order valence-corrected chi connectivity index (χ1v) is 6.56. The number of allylic oxidation sites excluding steroid dienone is 2. The van der Waals surface area contributed by atoms with E-state index in [9.17, 15) is 4.79 Å². The number of amides is 1. The van der Waals surface area contributed by atoms with Gasteiger partial charge in [-0.05, 0) is 44.7 Å². The van der Waals surface area contributed by atoms with Crippen molar-refractivity contribution in [2.24, 2.45) is 5.92 Å². The van der Waals surface area contributed by atoms with Crippen LogP contribution in [0.5, 0.6) is 0 Å². The van der Waals surface area contributed by atoms with Crippen LogP contribution in [0.1, 0.15) is 40.0 Å². The van der Waals surface area contributed by atoms with Crippen LogP contribution in [0.15, 0.2) is 42.0 Å². The maximum atomic E-state index is 11.8. The minimum atomic E-state index is 0.103. The Hall–Kier alpha value is -1.57. The zero-order valence-corrected chi connectivity index (χ0v) is 11.6. The number of benzene rings is 1. The fourth-order valence-electron chi connectivity index (χ4n) is 1.81. The van der Waals surface area contributed by atoms with E-state index < -0.39 is 0 Å². The molecule has 0 aliphatic heterocycles. The first-order chi connectivity index (χ1) is 8.58. The van der Waals surface area contributed by atoms with E-state index in [1.165, 1.54) is 5.57 Å². The van der Waals surface area contributed by atoms with E-state index in [-0.39, 0.29) is 5.91 Å². The highest BCUT2D eigenvalue weighted by Gasteiger charge is 2.08. The topological polar surface area (TPSA) is 29.1 Å². The van der Waals surface area contributed by atoms with Gasteiger partial charge in [0.05, 0.1) is 0 Å². The lowest BCUT2D eigenvalue weighted by Crippen LogP contribution is -2.14. The molecule has 1 atom stereocenters. The molecule has 1 aromatic rings. The molecule has 0 saturated heterocycles. The summed E-state index contributed by atoms with van der Waals surface area (Å²) >= 11 is 0. The number of anilines is 1. The van der Waals surface area contributed by atoms with Crippen molar-refractivity contribution in [3.63, 3.8) is 0 Å². The number of para-hydroxylation sites is 1. The molecule has 1 rings (SSSR count). The number of hydrogen-bond donors (Lipinski definition) is 1. The fraction of sp³-hybridized carbons (Fsp3) is 0.438. The molecular weight excluding hydrogens is 222 g/mol. The van der Waals surface area contributed by atoms with Crippen molar-refractivity contribution in [2.75, 3.05) is 5.32 Å². The highest BCUT2D eigenvalue weighted by atomic mass is 16.1. The predicted octanol–water partition coefficient (Wildman–Crippen LogP) is 4.40. The lowest BCUT2D eigenvalue weighted by atomic mass is 10.0. The molecule has 0 unspecified atom stereocenters. The Morgan fingerprint density at radius 1 is 1.28 bits per heavy atom. The van der Waals surface area contributed by atoms with E-state index in [0.717, 1.165) is 18.5 Å². The monoisotopic (exact) mass is 245 g/mol. The van der Waals surface area contributed by atoms with E-state index >= 15 is 0 Å². The van der Waals surface area contributed by atoms with Gasteiger partial charge in [-0.3, -0.25) is 4.79 Å². The summed E-state index contributed by atoms with van der Waals surface area (Å²) in [7, 11) is 0. The molecule has 2 nitrogen and oxygen atoms in total. The maximum Gasteiger partial charge on any atom is 0.224 e. The standard InChI is InChI=1S/C16H23NO/c1-13(2)8-7-9-14(3)12-16(18)17-15-10-5-4-6-11-15/h4-6,8,10-11,14H,7,9,12H2,1-3H3,(H,17,18)/t14-/m0/s1. The Morgan fingerprint density at radius 3 is 2.56 bits per heavy atom. The Bertz CT molecular complexity index is 391. The first-order valence-electron chi connectivity index (χ1n) is 6.56. The van der Waals surface area contributed by atoms with Gasteiger partial charge in [0.15, 0.2) is 0 Å². The van der Waals surface area contributed by atoms with Crippen LogP contribution in [0.4, 0.5) is 5.69 Å². The lowest BCUT2D eigenvalue weighted by Gasteiger charge is -2.10. The highest BCUT2D eigenvalue weighted by Crippen LogP contribution is 2.13. The molecule has 0 heterocycles. The Morgan fingerprint density at radius 2 is 1.94 bits per heavy atom. The van der Waals surface area contributed by atoms with Gasteiger partial charge in [-0.25, -0.2) is 0 Å². The molecule has 18 heavy (non-hydrogen) atoms. The smallest absolute Gasteiger partial charge is 0.224 e. The molecule has 0 spiro atoms. The van der Waals surface area contributed by atoms with Crippen LogP contribution in [-0.4, -0.2) is 5.91 Å². The van der Waals surface area contributed by atoms with E-state index in [1.54, 1.807) is 0 Å². The Balaban J connectivity index is 2.29. The van der Waals surface area contributed by atoms with Crippen LogP contribution < -0.4 is 5.32 Å². The van der Waals surface area contributed by atoms with Gasteiger partial charge in [0.25, 0.3) is 0 Å². The van der Waals surface area contributed by atoms with Crippen molar-refractivity contribution >= 4 is 11.6 Å². The summed E-state index contributed by atoms with van der Waals surface area (Å²) in [5.74, 6) is 0.523. The average Bonchev–Trinajstić information content (AvgIpc) is 2.29. The van der Waals surface area contributed by atoms with Crippen LogP contribution in [0.2, 0.25) is 0 Å². The van der Waals surface area contributed by atoms with Gasteiger partial charge in [-0.1, -0.05) is 36.8 Å². The number of carbonyl (C=O) groups excluding carboxylic acids is 1. The van der Waals surface area contributed by atoms with Gasteiger partial charge >= 0.3 is 0 Å². The summed E-state index contributed by atoms with van der Waals surface area (Å²) in [5.41, 5.74) is 2.22. The van der Waals surface area contributed by atoms with Crippen molar-refractivity contribution in [2.45, 2.75) is 40.0 Å². The van der Waals surface area contributed by atoms with Crippen molar-refractivity contribution in [3.05, 3.63) is 42.0 Å². The average molecular weight is 245 g/mol. The molecule has 0 bridgehead atoms. The number of hydrogen-bond acceptors (Lipinski definition) is 1. The number of rotatable bonds is 6. The van der Waals surface area contributed by atoms with Crippen molar-refractivity contribution in [3.8, 4) is 0 Å². The Labute approximate surface area is 110 Å². The minimum Gasteiger partial charge on any atom is -0.326 e. The van der Waals surface area contributed by atoms with E-state index in [0.29, 0.717) is 12.3 Å². The zero-order valence-electron chi connectivity index (χ0n) is 11.6. The second-order valence-electron chi connectivity index (χ2n) is 5.08. The molecule has 98 valence electrons. The predicted molar refractivity (Wildman–Crippen MR) is 77.5 cm³/mol. The molecule has 0 aliphatic rings. The van der Waals surface area contributed by atoms with Crippen LogP contribution in [0.25, 0.3) is 0 Å². The van der Waals surface area contributed by atoms with Gasteiger partial charge in [0.2, 0.25) is 5.91 Å². The molecule has 0 saturated carbocycles. The Kier molecular flexibility index (Phi) is 6.20. The normalized spacial score (nSPS) is 11.7. The maximum absolute atomic E-state index is 11.8. The summed E-state index contributed by atoms with van der Waals surface area (Å²) in [6.45, 7) is 6.34. The molecule has 2 heteroatoms. The largest absolute Gasteiger partial charge is 0.326 e. The molecule has 1 N–H and O–H groups in total. The second-order valence-corrected chi connectivity index (χ2v) is 5.08. The molecule has 1 amide bonds. The van der Waals surface area contributed by atoms with Gasteiger partial charge in [0, 0.05) is 12.1 Å². The minimum absolute atomic E-state index is 0.103. The van der Waals surface area contributed by atoms with E-state index in [4.69, 9.17) is 0 Å². The summed E-state index contributed by atoms with van der Waals surface area (Å²) in [6, 6.07) is 9.61. The van der Waals surface area contributed by atoms with Gasteiger partial charge in [-0.2, -0.15) is 0 Å². The quantitative estimate of drug-likeness (QED) is 0.739. The summed E-state index contributed by atoms with van der Waals surface area (Å²) in [5, 5.41) is 2.92. The third kappa shape index (κ3) is 6.24. The molecule has 0 radical (unpaired) electrons. The van der Waals surface area contributed by atoms with Crippen LogP contribution >= 0.6 is 0 Å². The molecular formula is C16H23NO. The highest BCUT2D eigenvalue weighted by molar-refractivity contribution is 5.90.